The lowest BCUT2D eigenvalue weighted by Gasteiger charge is -2.39. The molecule has 3 atom stereocenters. The van der Waals surface area contributed by atoms with Crippen LogP contribution in [0, 0.1) is 0 Å². The minimum Gasteiger partial charge on any atom is -0.445 e. The van der Waals surface area contributed by atoms with Crippen LogP contribution >= 0.6 is 0 Å². The van der Waals surface area contributed by atoms with Crippen molar-refractivity contribution in [3.8, 4) is 0 Å². The second kappa shape index (κ2) is 10.1. The molecule has 0 aliphatic rings. The molecular weight excluding hydrogens is 342 g/mol. The molecule has 0 saturated heterocycles. The van der Waals surface area contributed by atoms with Gasteiger partial charge in [0.05, 0.1) is 24.4 Å². The van der Waals surface area contributed by atoms with Crippen molar-refractivity contribution >= 4 is 6.09 Å². The molecule has 2 aromatic rings. The molecule has 0 spiro atoms. The molecule has 27 heavy (non-hydrogen) atoms. The van der Waals surface area contributed by atoms with Crippen molar-refractivity contribution in [3.05, 3.63) is 71.8 Å². The fraction of sp³-hybridized carbons (Fsp3) is 0.409. The molecule has 2 aromatic carbocycles. The van der Waals surface area contributed by atoms with E-state index in [1.54, 1.807) is 13.8 Å². The molecule has 2 rings (SSSR count). The highest BCUT2D eigenvalue weighted by Crippen LogP contribution is 2.23. The highest BCUT2D eigenvalue weighted by atomic mass is 16.5. The lowest BCUT2D eigenvalue weighted by atomic mass is 9.87. The summed E-state index contributed by atoms with van der Waals surface area (Å²) in [6.45, 7) is 5.96. The van der Waals surface area contributed by atoms with E-state index in [1.807, 2.05) is 67.6 Å². The van der Waals surface area contributed by atoms with E-state index in [0.29, 0.717) is 13.0 Å². The Labute approximate surface area is 161 Å². The second-order valence-electron chi connectivity index (χ2n) is 6.84. The molecule has 0 saturated carbocycles. The maximum absolute atomic E-state index is 12.3. The van der Waals surface area contributed by atoms with E-state index < -0.39 is 17.7 Å². The minimum atomic E-state index is -0.975. The molecule has 5 heteroatoms. The average Bonchev–Trinajstić information content (AvgIpc) is 2.68. The van der Waals surface area contributed by atoms with Gasteiger partial charge in [-0.2, -0.15) is 0 Å². The quantitative estimate of drug-likeness (QED) is 0.698. The van der Waals surface area contributed by atoms with Crippen LogP contribution in [0.3, 0.4) is 0 Å². The SMILES string of the molecule is CC[C@@H](OCc1ccccc1)[C@@](C)(NC(=O)OCc1ccccc1)[C@@H](C)O. The van der Waals surface area contributed by atoms with Gasteiger partial charge < -0.3 is 19.9 Å². The molecule has 0 bridgehead atoms. The van der Waals surface area contributed by atoms with Crippen LogP contribution in [-0.4, -0.2) is 28.9 Å². The standard InChI is InChI=1S/C22H29NO4/c1-4-20(26-15-18-11-7-5-8-12-18)22(3,17(2)24)23-21(25)27-16-19-13-9-6-10-14-19/h5-14,17,20,24H,4,15-16H2,1-3H3,(H,23,25)/t17-,20-,22+/m1/s1. The van der Waals surface area contributed by atoms with Crippen molar-refractivity contribution in [1.29, 1.82) is 0 Å². The van der Waals surface area contributed by atoms with E-state index in [-0.39, 0.29) is 12.7 Å². The topological polar surface area (TPSA) is 67.8 Å². The summed E-state index contributed by atoms with van der Waals surface area (Å²) < 4.78 is 11.4. The molecule has 0 heterocycles. The molecule has 5 nitrogen and oxygen atoms in total. The van der Waals surface area contributed by atoms with Crippen LogP contribution in [0.2, 0.25) is 0 Å². The number of hydrogen-bond acceptors (Lipinski definition) is 4. The van der Waals surface area contributed by atoms with Crippen LogP contribution in [0.1, 0.15) is 38.3 Å². The summed E-state index contributed by atoms with van der Waals surface area (Å²) in [6, 6.07) is 19.3. The van der Waals surface area contributed by atoms with E-state index >= 15 is 0 Å². The van der Waals surface area contributed by atoms with Crippen LogP contribution in [0.25, 0.3) is 0 Å². The van der Waals surface area contributed by atoms with Crippen LogP contribution in [0.15, 0.2) is 60.7 Å². The summed E-state index contributed by atoms with van der Waals surface area (Å²) >= 11 is 0. The normalized spacial score (nSPS) is 15.4. The van der Waals surface area contributed by atoms with Gasteiger partial charge in [-0.25, -0.2) is 4.79 Å². The van der Waals surface area contributed by atoms with Gasteiger partial charge in [-0.05, 0) is 31.4 Å². The number of benzene rings is 2. The highest BCUT2D eigenvalue weighted by molar-refractivity contribution is 5.68. The Kier molecular flexibility index (Phi) is 7.82. The van der Waals surface area contributed by atoms with Crippen molar-refractivity contribution in [2.45, 2.75) is 58.2 Å². The number of aliphatic hydroxyl groups is 1. The first kappa shape index (κ1) is 20.9. The fourth-order valence-corrected chi connectivity index (χ4v) is 2.92. The zero-order chi connectivity index (χ0) is 19.7. The lowest BCUT2D eigenvalue weighted by Crippen LogP contribution is -2.61. The molecule has 0 radical (unpaired) electrons. The van der Waals surface area contributed by atoms with Gasteiger partial charge in [-0.15, -0.1) is 0 Å². The maximum Gasteiger partial charge on any atom is 0.408 e. The molecule has 2 N–H and O–H groups in total. The summed E-state index contributed by atoms with van der Waals surface area (Å²) in [5.41, 5.74) is 0.964. The first-order valence-electron chi connectivity index (χ1n) is 9.28. The Balaban J connectivity index is 1.99. The summed E-state index contributed by atoms with van der Waals surface area (Å²) in [6.07, 6.45) is -1.14. The predicted octanol–water partition coefficient (Wildman–Crippen LogP) is 4.05. The van der Waals surface area contributed by atoms with Crippen LogP contribution in [0.5, 0.6) is 0 Å². The van der Waals surface area contributed by atoms with Gasteiger partial charge in [-0.1, -0.05) is 67.6 Å². The number of hydrogen-bond donors (Lipinski definition) is 2. The number of nitrogens with one attached hydrogen (secondary N) is 1. The Bertz CT molecular complexity index is 690. The van der Waals surface area contributed by atoms with Gasteiger partial charge in [0.2, 0.25) is 0 Å². The van der Waals surface area contributed by atoms with Gasteiger partial charge in [-0.3, -0.25) is 0 Å². The predicted molar refractivity (Wildman–Crippen MR) is 105 cm³/mol. The number of ether oxygens (including phenoxy) is 2. The average molecular weight is 371 g/mol. The number of amides is 1. The molecule has 0 unspecified atom stereocenters. The van der Waals surface area contributed by atoms with Gasteiger partial charge in [0.15, 0.2) is 0 Å². The van der Waals surface area contributed by atoms with Crippen molar-refractivity contribution < 1.29 is 19.4 Å². The fourth-order valence-electron chi connectivity index (χ4n) is 2.92. The van der Waals surface area contributed by atoms with Crippen molar-refractivity contribution in [2.24, 2.45) is 0 Å². The Morgan fingerprint density at radius 1 is 1.04 bits per heavy atom. The summed E-state index contributed by atoms with van der Waals surface area (Å²) in [5.74, 6) is 0. The number of rotatable bonds is 9. The smallest absolute Gasteiger partial charge is 0.408 e. The van der Waals surface area contributed by atoms with E-state index in [9.17, 15) is 9.90 Å². The molecule has 0 aliphatic carbocycles. The Morgan fingerprint density at radius 3 is 2.04 bits per heavy atom. The van der Waals surface area contributed by atoms with Crippen molar-refractivity contribution in [3.63, 3.8) is 0 Å². The number of carbonyl (C=O) groups is 1. The maximum atomic E-state index is 12.3. The molecule has 146 valence electrons. The highest BCUT2D eigenvalue weighted by Gasteiger charge is 2.40. The van der Waals surface area contributed by atoms with E-state index in [1.165, 1.54) is 0 Å². The largest absolute Gasteiger partial charge is 0.445 e. The van der Waals surface area contributed by atoms with Gasteiger partial charge >= 0.3 is 6.09 Å². The third-order valence-corrected chi connectivity index (χ3v) is 4.79. The lowest BCUT2D eigenvalue weighted by molar-refractivity contribution is -0.0652. The number of carbonyl (C=O) groups excluding carboxylic acids is 1. The first-order valence-corrected chi connectivity index (χ1v) is 9.28. The molecule has 0 fully saturated rings. The zero-order valence-corrected chi connectivity index (χ0v) is 16.2. The Morgan fingerprint density at radius 2 is 1.56 bits per heavy atom. The van der Waals surface area contributed by atoms with Crippen molar-refractivity contribution in [1.82, 2.24) is 5.32 Å². The minimum absolute atomic E-state index is 0.171. The molecule has 0 aromatic heterocycles. The first-order chi connectivity index (χ1) is 13.0. The molecule has 1 amide bonds. The zero-order valence-electron chi connectivity index (χ0n) is 16.2. The van der Waals surface area contributed by atoms with Gasteiger partial charge in [0.25, 0.3) is 0 Å². The number of alkyl carbamates (subject to hydrolysis) is 1. The third-order valence-electron chi connectivity index (χ3n) is 4.79. The van der Waals surface area contributed by atoms with Gasteiger partial charge in [0, 0.05) is 0 Å². The summed E-state index contributed by atoms with van der Waals surface area (Å²) in [5, 5.41) is 13.2. The van der Waals surface area contributed by atoms with Gasteiger partial charge in [0.1, 0.15) is 6.61 Å². The van der Waals surface area contributed by atoms with Crippen LogP contribution in [0.4, 0.5) is 4.79 Å². The molecular formula is C22H29NO4. The summed E-state index contributed by atoms with van der Waals surface area (Å²) in [7, 11) is 0. The third kappa shape index (κ3) is 6.08. The number of aliphatic hydroxyl groups excluding tert-OH is 1. The summed E-state index contributed by atoms with van der Waals surface area (Å²) in [4.78, 5) is 12.3. The van der Waals surface area contributed by atoms with E-state index in [4.69, 9.17) is 9.47 Å². The second-order valence-corrected chi connectivity index (χ2v) is 6.84. The van der Waals surface area contributed by atoms with E-state index in [0.717, 1.165) is 11.1 Å². The molecule has 0 aliphatic heterocycles. The Hall–Kier alpha value is -2.37. The monoisotopic (exact) mass is 371 g/mol. The van der Waals surface area contributed by atoms with Crippen molar-refractivity contribution in [2.75, 3.05) is 0 Å². The van der Waals surface area contributed by atoms with E-state index in [2.05, 4.69) is 5.32 Å². The van der Waals surface area contributed by atoms with Crippen LogP contribution in [-0.2, 0) is 22.7 Å². The van der Waals surface area contributed by atoms with Crippen LogP contribution < -0.4 is 5.32 Å².